The predicted molar refractivity (Wildman–Crippen MR) is 127 cm³/mol. The van der Waals surface area contributed by atoms with Crippen molar-refractivity contribution in [3.63, 3.8) is 0 Å². The first-order valence-corrected chi connectivity index (χ1v) is 11.0. The van der Waals surface area contributed by atoms with Crippen LogP contribution < -0.4 is 10.6 Å². The van der Waals surface area contributed by atoms with Crippen molar-refractivity contribution >= 4 is 45.5 Å². The lowest BCUT2D eigenvalue weighted by molar-refractivity contribution is 0.686. The van der Waals surface area contributed by atoms with Gasteiger partial charge in [0.2, 0.25) is 5.28 Å². The Morgan fingerprint density at radius 1 is 0.935 bits per heavy atom. The van der Waals surface area contributed by atoms with Crippen molar-refractivity contribution in [2.24, 2.45) is 7.05 Å². The molecule has 4 aromatic rings. The molecule has 31 heavy (non-hydrogen) atoms. The number of halogens is 1. The van der Waals surface area contributed by atoms with Crippen molar-refractivity contribution in [1.29, 1.82) is 0 Å². The average Bonchev–Trinajstić information content (AvgIpc) is 3.05. The van der Waals surface area contributed by atoms with E-state index in [1.54, 1.807) is 10.9 Å². The normalized spacial score (nSPS) is 13.3. The largest absolute Gasteiger partial charge is 0.356 e. The minimum atomic E-state index is 0.215. The Morgan fingerprint density at radius 2 is 1.68 bits per heavy atom. The van der Waals surface area contributed by atoms with Crippen molar-refractivity contribution < 1.29 is 0 Å². The van der Waals surface area contributed by atoms with Gasteiger partial charge in [0.05, 0.1) is 5.39 Å². The van der Waals surface area contributed by atoms with Crippen LogP contribution in [0.5, 0.6) is 0 Å². The number of fused-ring (bicyclic) bond motifs is 2. The first kappa shape index (κ1) is 19.8. The van der Waals surface area contributed by atoms with Crippen LogP contribution in [0.1, 0.15) is 35.1 Å². The maximum atomic E-state index is 5.94. The van der Waals surface area contributed by atoms with Crippen LogP contribution in [-0.2, 0) is 19.9 Å². The Hall–Kier alpha value is -3.12. The highest BCUT2D eigenvalue weighted by Gasteiger charge is 2.14. The molecular formula is C24H25ClN6. The van der Waals surface area contributed by atoms with Gasteiger partial charge in [0.1, 0.15) is 0 Å². The lowest BCUT2D eigenvalue weighted by atomic mass is 9.91. The summed E-state index contributed by atoms with van der Waals surface area (Å²) in [5, 5.41) is 12.7. The van der Waals surface area contributed by atoms with Crippen LogP contribution in [0.15, 0.2) is 36.5 Å². The van der Waals surface area contributed by atoms with Gasteiger partial charge >= 0.3 is 0 Å². The number of benzene rings is 2. The summed E-state index contributed by atoms with van der Waals surface area (Å²) in [5.74, 6) is 0.718. The number of nitrogens with one attached hydrogen (secondary N) is 2. The van der Waals surface area contributed by atoms with Gasteiger partial charge in [-0.3, -0.25) is 0 Å². The molecule has 0 saturated carbocycles. The van der Waals surface area contributed by atoms with Gasteiger partial charge in [-0.15, -0.1) is 0 Å². The zero-order valence-corrected chi connectivity index (χ0v) is 18.7. The van der Waals surface area contributed by atoms with E-state index in [9.17, 15) is 0 Å². The Labute approximate surface area is 186 Å². The van der Waals surface area contributed by atoms with Crippen LogP contribution in [0.25, 0.3) is 11.0 Å². The molecule has 2 N–H and O–H groups in total. The van der Waals surface area contributed by atoms with Gasteiger partial charge in [-0.05, 0) is 97.7 Å². The molecule has 0 amide bonds. The van der Waals surface area contributed by atoms with Gasteiger partial charge in [0.25, 0.3) is 0 Å². The molecular weight excluding hydrogens is 408 g/mol. The van der Waals surface area contributed by atoms with Crippen LogP contribution in [0.2, 0.25) is 5.28 Å². The fourth-order valence-corrected chi connectivity index (χ4v) is 4.57. The van der Waals surface area contributed by atoms with Gasteiger partial charge in [-0.1, -0.05) is 6.07 Å². The van der Waals surface area contributed by atoms with E-state index in [1.165, 1.54) is 36.8 Å². The number of rotatable bonds is 4. The number of anilines is 4. The second-order valence-corrected chi connectivity index (χ2v) is 8.61. The molecule has 158 valence electrons. The molecule has 0 unspecified atom stereocenters. The highest BCUT2D eigenvalue weighted by Crippen LogP contribution is 2.32. The molecule has 0 bridgehead atoms. The first-order valence-electron chi connectivity index (χ1n) is 10.6. The molecule has 2 aromatic carbocycles. The minimum Gasteiger partial charge on any atom is -0.356 e. The zero-order chi connectivity index (χ0) is 21.5. The molecule has 0 radical (unpaired) electrons. The maximum absolute atomic E-state index is 5.94. The molecule has 1 aliphatic carbocycles. The molecule has 1 aliphatic rings. The second kappa shape index (κ2) is 7.85. The Balaban J connectivity index is 1.42. The summed E-state index contributed by atoms with van der Waals surface area (Å²) < 4.78 is 1.71. The summed E-state index contributed by atoms with van der Waals surface area (Å²) >= 11 is 5.94. The summed E-state index contributed by atoms with van der Waals surface area (Å²) in [6, 6.07) is 11.1. The molecule has 0 atom stereocenters. The summed E-state index contributed by atoms with van der Waals surface area (Å²) in [5.41, 5.74) is 9.20. The van der Waals surface area contributed by atoms with E-state index in [4.69, 9.17) is 11.6 Å². The van der Waals surface area contributed by atoms with Crippen molar-refractivity contribution in [2.75, 3.05) is 10.6 Å². The smallest absolute Gasteiger partial charge is 0.224 e. The zero-order valence-electron chi connectivity index (χ0n) is 18.0. The second-order valence-electron chi connectivity index (χ2n) is 8.27. The third-order valence-electron chi connectivity index (χ3n) is 5.96. The van der Waals surface area contributed by atoms with Crippen molar-refractivity contribution in [2.45, 2.75) is 39.5 Å². The molecule has 0 aliphatic heterocycles. The third-order valence-corrected chi connectivity index (χ3v) is 6.15. The number of aromatic nitrogens is 4. The first-order chi connectivity index (χ1) is 15.0. The number of aryl methyl sites for hydroxylation is 5. The van der Waals surface area contributed by atoms with E-state index in [2.05, 4.69) is 69.9 Å². The molecule has 5 rings (SSSR count). The summed E-state index contributed by atoms with van der Waals surface area (Å²) in [6.07, 6.45) is 6.68. The third kappa shape index (κ3) is 3.83. The Kier molecular flexibility index (Phi) is 5.02. The lowest BCUT2D eigenvalue weighted by Crippen LogP contribution is -2.04. The standard InChI is InChI=1S/C24H25ClN6/c1-14-10-19(27-18-9-8-16-6-4-5-7-17(16)12-18)11-15(2)21(14)28-22-20-13-26-24(25)29-23(20)31(3)30-22/h8-13,27H,4-7H2,1-3H3,(H,28,30). The molecule has 2 aromatic heterocycles. The van der Waals surface area contributed by atoms with E-state index < -0.39 is 0 Å². The lowest BCUT2D eigenvalue weighted by Gasteiger charge is -2.18. The summed E-state index contributed by atoms with van der Waals surface area (Å²) in [7, 11) is 1.85. The summed E-state index contributed by atoms with van der Waals surface area (Å²) in [6.45, 7) is 4.21. The van der Waals surface area contributed by atoms with Crippen molar-refractivity contribution in [3.05, 3.63) is 64.1 Å². The van der Waals surface area contributed by atoms with Gasteiger partial charge < -0.3 is 10.6 Å². The van der Waals surface area contributed by atoms with E-state index in [0.29, 0.717) is 5.65 Å². The van der Waals surface area contributed by atoms with Crippen LogP contribution in [0.3, 0.4) is 0 Å². The van der Waals surface area contributed by atoms with Gasteiger partial charge in [0.15, 0.2) is 11.5 Å². The van der Waals surface area contributed by atoms with E-state index in [1.807, 2.05) is 7.05 Å². The Morgan fingerprint density at radius 3 is 2.45 bits per heavy atom. The van der Waals surface area contributed by atoms with Gasteiger partial charge in [-0.25, -0.2) is 9.67 Å². The molecule has 6 nitrogen and oxygen atoms in total. The molecule has 0 spiro atoms. The number of nitrogens with zero attached hydrogens (tertiary/aromatic N) is 4. The highest BCUT2D eigenvalue weighted by atomic mass is 35.5. The van der Waals surface area contributed by atoms with Crippen LogP contribution in [-0.4, -0.2) is 19.7 Å². The van der Waals surface area contributed by atoms with Crippen LogP contribution in [0.4, 0.5) is 22.9 Å². The van der Waals surface area contributed by atoms with E-state index >= 15 is 0 Å². The van der Waals surface area contributed by atoms with Gasteiger partial charge in [-0.2, -0.15) is 10.1 Å². The quantitative estimate of drug-likeness (QED) is 0.387. The van der Waals surface area contributed by atoms with Crippen molar-refractivity contribution in [3.8, 4) is 0 Å². The molecule has 7 heteroatoms. The fraction of sp³-hybridized carbons (Fsp3) is 0.292. The molecule has 0 fully saturated rings. The van der Waals surface area contributed by atoms with Crippen LogP contribution in [0, 0.1) is 13.8 Å². The molecule has 0 saturated heterocycles. The fourth-order valence-electron chi connectivity index (χ4n) is 4.44. The van der Waals surface area contributed by atoms with Crippen LogP contribution >= 0.6 is 11.6 Å². The Bertz CT molecular complexity index is 1270. The maximum Gasteiger partial charge on any atom is 0.224 e. The average molecular weight is 433 g/mol. The number of hydrogen-bond acceptors (Lipinski definition) is 5. The molecule has 2 heterocycles. The SMILES string of the molecule is Cc1cc(Nc2ccc3c(c2)CCCC3)cc(C)c1Nc1nn(C)c2nc(Cl)ncc12. The van der Waals surface area contributed by atoms with Gasteiger partial charge in [0, 0.05) is 30.3 Å². The minimum absolute atomic E-state index is 0.215. The highest BCUT2D eigenvalue weighted by molar-refractivity contribution is 6.28. The van der Waals surface area contributed by atoms with Crippen molar-refractivity contribution in [1.82, 2.24) is 19.7 Å². The predicted octanol–water partition coefficient (Wildman–Crippen LogP) is 6.00. The van der Waals surface area contributed by atoms with E-state index in [-0.39, 0.29) is 5.28 Å². The topological polar surface area (TPSA) is 67.7 Å². The number of hydrogen-bond donors (Lipinski definition) is 2. The summed E-state index contributed by atoms with van der Waals surface area (Å²) in [4.78, 5) is 8.39. The van der Waals surface area contributed by atoms with E-state index in [0.717, 1.165) is 39.4 Å². The monoisotopic (exact) mass is 432 g/mol.